The molecule has 1 aliphatic carbocycles. The fraction of sp³-hybridized carbons (Fsp3) is 0.600. The molecule has 0 unspecified atom stereocenters. The van der Waals surface area contributed by atoms with E-state index in [0.29, 0.717) is 11.2 Å². The molecule has 2 aromatic rings. The average molecular weight is 346 g/mol. The highest BCUT2D eigenvalue weighted by atomic mass is 32.1. The first-order valence-electron chi connectivity index (χ1n) is 8.41. The van der Waals surface area contributed by atoms with Crippen molar-refractivity contribution in [2.75, 3.05) is 29.5 Å². The quantitative estimate of drug-likeness (QED) is 0.641. The summed E-state index contributed by atoms with van der Waals surface area (Å²) in [6, 6.07) is 0.531. The minimum absolute atomic E-state index is 0.00351. The smallest absolute Gasteiger partial charge is 0.225 e. The van der Waals surface area contributed by atoms with E-state index in [4.69, 9.17) is 15.7 Å². The van der Waals surface area contributed by atoms with Gasteiger partial charge in [0.2, 0.25) is 11.1 Å². The lowest BCUT2D eigenvalue weighted by atomic mass is 10.1. The summed E-state index contributed by atoms with van der Waals surface area (Å²) in [4.78, 5) is 9.49. The van der Waals surface area contributed by atoms with Crippen molar-refractivity contribution >= 4 is 28.2 Å². The Morgan fingerprint density at radius 1 is 1.21 bits per heavy atom. The summed E-state index contributed by atoms with van der Waals surface area (Å²) >= 11 is 1.40. The van der Waals surface area contributed by atoms with Crippen LogP contribution in [0.4, 0.5) is 16.9 Å². The van der Waals surface area contributed by atoms with Gasteiger partial charge in [-0.1, -0.05) is 11.3 Å². The van der Waals surface area contributed by atoms with Gasteiger partial charge in [0.15, 0.2) is 0 Å². The minimum Gasteiger partial charge on any atom is -0.374 e. The van der Waals surface area contributed by atoms with Crippen molar-refractivity contribution in [3.05, 3.63) is 16.3 Å². The van der Waals surface area contributed by atoms with Gasteiger partial charge < -0.3 is 21.7 Å². The fourth-order valence-corrected chi connectivity index (χ4v) is 3.44. The first-order valence-corrected chi connectivity index (χ1v) is 9.23. The molecule has 1 aliphatic heterocycles. The van der Waals surface area contributed by atoms with Crippen LogP contribution < -0.4 is 21.7 Å². The summed E-state index contributed by atoms with van der Waals surface area (Å²) < 4.78 is 0. The molecular weight excluding hydrogens is 324 g/mol. The van der Waals surface area contributed by atoms with Crippen molar-refractivity contribution in [1.82, 2.24) is 25.5 Å². The van der Waals surface area contributed by atoms with E-state index < -0.39 is 0 Å². The second kappa shape index (κ2) is 6.48. The standard InChI is InChI=1S/C15H22N8S/c1-8(13-22-23-14(16)24-13)18-12-10-4-6-17-7-5-11(10)20-15(21-12)19-9-2-3-9/h8-9,17H,2-7H2,1H3,(H2,16,23)(H2,18,19,20,21)/t8-/m0/s1. The molecule has 0 amide bonds. The Morgan fingerprint density at radius 2 is 2.04 bits per heavy atom. The van der Waals surface area contributed by atoms with Gasteiger partial charge >= 0.3 is 0 Å². The van der Waals surface area contributed by atoms with Crippen LogP contribution in [0, 0.1) is 0 Å². The zero-order chi connectivity index (χ0) is 16.5. The van der Waals surface area contributed by atoms with E-state index in [9.17, 15) is 0 Å². The van der Waals surface area contributed by atoms with Crippen LogP contribution in [-0.4, -0.2) is 39.3 Å². The second-order valence-corrected chi connectivity index (χ2v) is 7.37. The molecule has 2 aromatic heterocycles. The molecular formula is C15H22N8S. The molecule has 1 saturated carbocycles. The third-order valence-electron chi connectivity index (χ3n) is 4.27. The lowest BCUT2D eigenvalue weighted by Gasteiger charge is -2.18. The number of fused-ring (bicyclic) bond motifs is 1. The number of nitrogens with one attached hydrogen (secondary N) is 3. The highest BCUT2D eigenvalue weighted by Gasteiger charge is 2.24. The number of hydrogen-bond donors (Lipinski definition) is 4. The van der Waals surface area contributed by atoms with E-state index in [1.807, 2.05) is 0 Å². The van der Waals surface area contributed by atoms with Crippen LogP contribution in [0.15, 0.2) is 0 Å². The van der Waals surface area contributed by atoms with Gasteiger partial charge in [-0.05, 0) is 32.7 Å². The molecule has 3 heterocycles. The van der Waals surface area contributed by atoms with Crippen LogP contribution in [0.5, 0.6) is 0 Å². The Labute approximate surface area is 144 Å². The van der Waals surface area contributed by atoms with Crippen LogP contribution in [0.3, 0.4) is 0 Å². The summed E-state index contributed by atoms with van der Waals surface area (Å²) in [6.07, 6.45) is 4.24. The molecule has 8 nitrogen and oxygen atoms in total. The van der Waals surface area contributed by atoms with Gasteiger partial charge in [0, 0.05) is 24.6 Å². The molecule has 4 rings (SSSR count). The van der Waals surface area contributed by atoms with E-state index in [-0.39, 0.29) is 6.04 Å². The topological polar surface area (TPSA) is 114 Å². The van der Waals surface area contributed by atoms with Crippen LogP contribution in [0.2, 0.25) is 0 Å². The Bertz CT molecular complexity index is 726. The maximum atomic E-state index is 5.70. The van der Waals surface area contributed by atoms with Crippen molar-refractivity contribution in [3.8, 4) is 0 Å². The van der Waals surface area contributed by atoms with Crippen LogP contribution in [0.25, 0.3) is 0 Å². The fourth-order valence-electron chi connectivity index (χ4n) is 2.83. The Hall–Kier alpha value is -2.00. The average Bonchev–Trinajstić information content (AvgIpc) is 3.31. The van der Waals surface area contributed by atoms with E-state index in [1.165, 1.54) is 29.7 Å². The summed E-state index contributed by atoms with van der Waals surface area (Å²) in [7, 11) is 0. The molecule has 5 N–H and O–H groups in total. The van der Waals surface area contributed by atoms with Gasteiger partial charge in [0.25, 0.3) is 0 Å². The van der Waals surface area contributed by atoms with Crippen molar-refractivity contribution in [2.24, 2.45) is 0 Å². The van der Waals surface area contributed by atoms with Gasteiger partial charge in [-0.25, -0.2) is 4.98 Å². The third-order valence-corrected chi connectivity index (χ3v) is 5.21. The molecule has 0 bridgehead atoms. The SMILES string of the molecule is C[C@H](Nc1nc(NC2CC2)nc2c1CCNCC2)c1nnc(N)s1. The van der Waals surface area contributed by atoms with Gasteiger partial charge in [-0.3, -0.25) is 0 Å². The first-order chi connectivity index (χ1) is 11.7. The normalized spacial score (nSPS) is 18.5. The lowest BCUT2D eigenvalue weighted by molar-refractivity contribution is 0.708. The van der Waals surface area contributed by atoms with Crippen molar-refractivity contribution < 1.29 is 0 Å². The van der Waals surface area contributed by atoms with E-state index in [2.05, 4.69) is 33.1 Å². The van der Waals surface area contributed by atoms with Gasteiger partial charge in [0.05, 0.1) is 11.7 Å². The third kappa shape index (κ3) is 3.41. The summed E-state index contributed by atoms with van der Waals surface area (Å²) in [6.45, 7) is 3.95. The van der Waals surface area contributed by atoms with Crippen LogP contribution in [0.1, 0.15) is 42.1 Å². The van der Waals surface area contributed by atoms with Gasteiger partial charge in [-0.15, -0.1) is 10.2 Å². The molecule has 2 aliphatic rings. The van der Waals surface area contributed by atoms with Gasteiger partial charge in [-0.2, -0.15) is 4.98 Å². The molecule has 128 valence electrons. The Balaban J connectivity index is 1.63. The lowest BCUT2D eigenvalue weighted by Crippen LogP contribution is -2.16. The predicted octanol–water partition coefficient (Wildman–Crippen LogP) is 1.35. The predicted molar refractivity (Wildman–Crippen MR) is 95.3 cm³/mol. The Kier molecular flexibility index (Phi) is 4.19. The molecule has 0 spiro atoms. The highest BCUT2D eigenvalue weighted by Crippen LogP contribution is 2.29. The first kappa shape index (κ1) is 15.5. The van der Waals surface area contributed by atoms with Gasteiger partial charge in [0.1, 0.15) is 10.8 Å². The molecule has 1 atom stereocenters. The number of anilines is 3. The zero-order valence-corrected chi connectivity index (χ0v) is 14.5. The maximum Gasteiger partial charge on any atom is 0.225 e. The van der Waals surface area contributed by atoms with Crippen LogP contribution in [-0.2, 0) is 12.8 Å². The van der Waals surface area contributed by atoms with Crippen molar-refractivity contribution in [2.45, 2.75) is 44.7 Å². The van der Waals surface area contributed by atoms with Crippen molar-refractivity contribution in [3.63, 3.8) is 0 Å². The number of hydrogen-bond acceptors (Lipinski definition) is 9. The van der Waals surface area contributed by atoms with E-state index >= 15 is 0 Å². The maximum absolute atomic E-state index is 5.70. The number of nitrogens with zero attached hydrogens (tertiary/aromatic N) is 4. The van der Waals surface area contributed by atoms with E-state index in [0.717, 1.165) is 48.4 Å². The van der Waals surface area contributed by atoms with Crippen LogP contribution >= 0.6 is 11.3 Å². The van der Waals surface area contributed by atoms with Crippen molar-refractivity contribution in [1.29, 1.82) is 0 Å². The van der Waals surface area contributed by atoms with E-state index in [1.54, 1.807) is 0 Å². The molecule has 24 heavy (non-hydrogen) atoms. The molecule has 0 saturated heterocycles. The number of nitrogens with two attached hydrogens (primary N) is 1. The molecule has 0 aromatic carbocycles. The number of nitrogen functional groups attached to an aromatic ring is 1. The minimum atomic E-state index is 0.00351. The zero-order valence-electron chi connectivity index (χ0n) is 13.7. The monoisotopic (exact) mass is 346 g/mol. The summed E-state index contributed by atoms with van der Waals surface area (Å²) in [5.74, 6) is 1.62. The molecule has 9 heteroatoms. The highest BCUT2D eigenvalue weighted by molar-refractivity contribution is 7.15. The largest absolute Gasteiger partial charge is 0.374 e. The molecule has 0 radical (unpaired) electrons. The Morgan fingerprint density at radius 3 is 2.79 bits per heavy atom. The summed E-state index contributed by atoms with van der Waals surface area (Å²) in [5.41, 5.74) is 8.03. The number of rotatable bonds is 5. The molecule has 1 fully saturated rings. The second-order valence-electron chi connectivity index (χ2n) is 6.33. The summed E-state index contributed by atoms with van der Waals surface area (Å²) in [5, 5.41) is 19.7. The number of aromatic nitrogens is 4.